The fourth-order valence-electron chi connectivity index (χ4n) is 2.52. The van der Waals surface area contributed by atoms with Crippen LogP contribution in [-0.2, 0) is 28.4 Å². The monoisotopic (exact) mass is 446 g/mol. The molecular weight excluding hydrogens is 414 g/mol. The Morgan fingerprint density at radius 3 is 2.12 bits per heavy atom. The molecule has 2 bridgehead atoms. The van der Waals surface area contributed by atoms with Crippen LogP contribution in [0.25, 0.3) is 0 Å². The fraction of sp³-hybridized carbons (Fsp3) is 0.882. The summed E-state index contributed by atoms with van der Waals surface area (Å²) in [7, 11) is 0. The molecule has 0 aromatic heterocycles. The van der Waals surface area contributed by atoms with Crippen molar-refractivity contribution in [2.75, 3.05) is 98.9 Å². The van der Waals surface area contributed by atoms with E-state index >= 15 is 0 Å². The van der Waals surface area contributed by atoms with Gasteiger partial charge < -0.3 is 33.3 Å². The first-order chi connectivity index (χ1) is 12.4. The molecule has 0 saturated carbocycles. The van der Waals surface area contributed by atoms with Gasteiger partial charge >= 0.3 is 58.2 Å². The zero-order valence-electron chi connectivity index (χ0n) is 16.2. The van der Waals surface area contributed by atoms with Crippen molar-refractivity contribution in [3.8, 4) is 0 Å². The molecule has 26 heavy (non-hydrogen) atoms. The van der Waals surface area contributed by atoms with E-state index in [1.54, 1.807) is 6.61 Å². The second-order valence-corrected chi connectivity index (χ2v) is 5.97. The summed E-state index contributed by atoms with van der Waals surface area (Å²) in [5, 5.41) is 0. The van der Waals surface area contributed by atoms with Gasteiger partial charge in [0.1, 0.15) is 0 Å². The van der Waals surface area contributed by atoms with Gasteiger partial charge in [-0.25, -0.2) is 0 Å². The molecule has 2 aliphatic rings. The first-order valence-corrected chi connectivity index (χ1v) is 9.18. The fourth-order valence-corrected chi connectivity index (χ4v) is 2.52. The van der Waals surface area contributed by atoms with Gasteiger partial charge in [0, 0.05) is 26.2 Å². The number of hydrogen-bond donors (Lipinski definition) is 1. The Hall–Kier alpha value is 1.49. The van der Waals surface area contributed by atoms with Crippen LogP contribution in [0.1, 0.15) is 0 Å². The van der Waals surface area contributed by atoms with Crippen molar-refractivity contribution < 1.29 is 91.5 Å². The van der Waals surface area contributed by atoms with Crippen molar-refractivity contribution >= 4 is 0 Å². The van der Waals surface area contributed by atoms with Gasteiger partial charge in [0.25, 0.3) is 0 Å². The van der Waals surface area contributed by atoms with Crippen molar-refractivity contribution in [2.45, 2.75) is 0 Å². The second kappa shape index (κ2) is 18.5. The molecular formula is C17H33N2O6Rb. The van der Waals surface area contributed by atoms with Crippen LogP contribution in [0, 0.1) is 13.2 Å². The molecule has 2 heterocycles. The van der Waals surface area contributed by atoms with E-state index in [0.29, 0.717) is 66.2 Å². The second-order valence-electron chi connectivity index (χ2n) is 5.97. The first kappa shape index (κ1) is 25.5. The Bertz CT molecular complexity index is 269. The molecule has 0 aliphatic carbocycles. The van der Waals surface area contributed by atoms with E-state index < -0.39 is 0 Å². The molecule has 2 atom stereocenters. The Morgan fingerprint density at radius 1 is 0.654 bits per heavy atom. The van der Waals surface area contributed by atoms with E-state index in [1.807, 2.05) is 6.61 Å². The van der Waals surface area contributed by atoms with Crippen LogP contribution < -0.4 is 63.1 Å². The summed E-state index contributed by atoms with van der Waals surface area (Å²) in [6, 6.07) is 0. The van der Waals surface area contributed by atoms with Crippen LogP contribution in [0.15, 0.2) is 0 Å². The summed E-state index contributed by atoms with van der Waals surface area (Å²) >= 11 is 0. The number of ether oxygens (including phenoxy) is 6. The largest absolute Gasteiger partial charge is 1.00 e. The zero-order valence-corrected chi connectivity index (χ0v) is 21.1. The summed E-state index contributed by atoms with van der Waals surface area (Å²) in [5.74, 6) is 0. The van der Waals surface area contributed by atoms with Crippen LogP contribution in [-0.4, -0.2) is 104 Å². The van der Waals surface area contributed by atoms with Crippen LogP contribution in [0.3, 0.4) is 0 Å². The maximum atomic E-state index is 5.73. The molecule has 2 fully saturated rings. The van der Waals surface area contributed by atoms with Gasteiger partial charge in [-0.3, -0.25) is 4.90 Å². The van der Waals surface area contributed by atoms with E-state index in [0.717, 1.165) is 32.7 Å². The van der Waals surface area contributed by atoms with E-state index in [2.05, 4.69) is 4.90 Å². The number of nitrogens with zero attached hydrogens (tertiary/aromatic N) is 1. The maximum Gasteiger partial charge on any atom is 1.00 e. The van der Waals surface area contributed by atoms with Crippen LogP contribution in [0.5, 0.6) is 0 Å². The van der Waals surface area contributed by atoms with Crippen LogP contribution >= 0.6 is 0 Å². The number of fused-ring (bicyclic) bond motifs is 8. The summed E-state index contributed by atoms with van der Waals surface area (Å²) < 4.78 is 33.8. The number of nitrogens with one attached hydrogen (secondary N) is 1. The van der Waals surface area contributed by atoms with E-state index in [9.17, 15) is 0 Å². The summed E-state index contributed by atoms with van der Waals surface area (Å²) in [6.45, 7) is 13.9. The minimum Gasteiger partial charge on any atom is -0.546 e. The van der Waals surface area contributed by atoms with Gasteiger partial charge in [0.2, 0.25) is 0 Å². The third-order valence-electron chi connectivity index (χ3n) is 4.05. The van der Waals surface area contributed by atoms with Crippen molar-refractivity contribution in [3.63, 3.8) is 0 Å². The van der Waals surface area contributed by atoms with Crippen molar-refractivity contribution in [2.24, 2.45) is 0 Å². The topological polar surface area (TPSA) is 63.1 Å². The number of quaternary nitrogens is 1. The molecule has 9 heteroatoms. The average molecular weight is 447 g/mol. The number of hydrogen-bond acceptors (Lipinski definition) is 7. The molecule has 8 nitrogen and oxygen atoms in total. The molecule has 0 spiro atoms. The summed E-state index contributed by atoms with van der Waals surface area (Å²) in [6.07, 6.45) is 0. The quantitative estimate of drug-likeness (QED) is 0.298. The van der Waals surface area contributed by atoms with Crippen LogP contribution in [0.2, 0.25) is 0 Å². The SMILES string of the molecule is [CH-]1C[NH+]2CCO[CH-]COCCN(CCOCCO1)CCOCCOC2.[Rb+]. The standard InChI is InChI=1S/C17H32N2O6.Rb/c1-6-20-11-13-23-9-4-19-5-10-24-14-12-21-7-2-18(1)3-8-22-15-16-25-17-19;/h9,14H,1-8,10-13,15-17H2;/q-2;+1/p+1. The smallest absolute Gasteiger partial charge is 0.546 e. The molecule has 0 radical (unpaired) electrons. The Kier molecular flexibility index (Phi) is 18.2. The first-order valence-electron chi connectivity index (χ1n) is 9.18. The third-order valence-corrected chi connectivity index (χ3v) is 4.05. The molecule has 148 valence electrons. The van der Waals surface area contributed by atoms with E-state index in [4.69, 9.17) is 28.4 Å². The van der Waals surface area contributed by atoms with Crippen molar-refractivity contribution in [3.05, 3.63) is 13.2 Å². The molecule has 0 aromatic rings. The van der Waals surface area contributed by atoms with Gasteiger partial charge in [-0.05, 0) is 6.54 Å². The Morgan fingerprint density at radius 2 is 1.31 bits per heavy atom. The zero-order chi connectivity index (χ0) is 17.4. The van der Waals surface area contributed by atoms with Crippen molar-refractivity contribution in [1.82, 2.24) is 4.90 Å². The van der Waals surface area contributed by atoms with E-state index in [-0.39, 0.29) is 58.2 Å². The predicted molar refractivity (Wildman–Crippen MR) is 90.9 cm³/mol. The predicted octanol–water partition coefficient (Wildman–Crippen LogP) is -4.41. The summed E-state index contributed by atoms with van der Waals surface area (Å²) in [4.78, 5) is 3.53. The van der Waals surface area contributed by atoms with Gasteiger partial charge in [-0.1, -0.05) is 6.61 Å². The molecule has 1 N–H and O–H groups in total. The van der Waals surface area contributed by atoms with Gasteiger partial charge in [-0.15, -0.1) is 0 Å². The normalized spacial score (nSPS) is 29.5. The van der Waals surface area contributed by atoms with Crippen molar-refractivity contribution in [1.29, 1.82) is 0 Å². The third kappa shape index (κ3) is 13.6. The molecule has 2 aliphatic heterocycles. The minimum absolute atomic E-state index is 0. The summed E-state index contributed by atoms with van der Waals surface area (Å²) in [5.41, 5.74) is 0. The Balaban J connectivity index is 0.00000338. The van der Waals surface area contributed by atoms with Gasteiger partial charge in [0.15, 0.2) is 6.73 Å². The molecule has 2 saturated heterocycles. The Labute approximate surface area is 206 Å². The molecule has 2 unspecified atom stereocenters. The molecule has 2 rings (SSSR count). The van der Waals surface area contributed by atoms with Crippen LogP contribution in [0.4, 0.5) is 0 Å². The number of rotatable bonds is 0. The molecule has 0 amide bonds. The average Bonchev–Trinajstić information content (AvgIpc) is 2.62. The van der Waals surface area contributed by atoms with Gasteiger partial charge in [0.05, 0.1) is 52.8 Å². The van der Waals surface area contributed by atoms with E-state index in [1.165, 1.54) is 4.90 Å². The maximum absolute atomic E-state index is 5.73. The molecule has 0 aromatic carbocycles. The van der Waals surface area contributed by atoms with Gasteiger partial charge in [-0.2, -0.15) is 13.2 Å². The minimum atomic E-state index is 0.